The van der Waals surface area contributed by atoms with E-state index >= 15 is 0 Å². The van der Waals surface area contributed by atoms with Crippen molar-refractivity contribution >= 4 is 34.7 Å². The van der Waals surface area contributed by atoms with Crippen LogP contribution in [0.15, 0.2) is 81.9 Å². The Bertz CT molecular complexity index is 3180. The number of likely N-dealkylation sites (tertiary alicyclic amines) is 1. The highest BCUT2D eigenvalue weighted by molar-refractivity contribution is 5.94. The number of H-pyrrole nitrogens is 1. The number of nitrogens with zero attached hydrogens (tertiary/aromatic N) is 6. The van der Waals surface area contributed by atoms with Crippen LogP contribution in [0.5, 0.6) is 17.2 Å². The zero-order chi connectivity index (χ0) is 50.7. The number of piperazine rings is 1. The van der Waals surface area contributed by atoms with Crippen LogP contribution in [0.1, 0.15) is 112 Å². The molecule has 4 N–H and O–H groups in total. The molecule has 1 aliphatic carbocycles. The van der Waals surface area contributed by atoms with Crippen molar-refractivity contribution < 1.29 is 39.2 Å². The highest BCUT2D eigenvalue weighted by Gasteiger charge is 2.51. The number of amides is 1. The molecular formula is C55H61N7O10. The molecule has 3 aromatic carbocycles. The van der Waals surface area contributed by atoms with Crippen LogP contribution >= 0.6 is 0 Å². The number of ether oxygens (including phenoxy) is 2. The Morgan fingerprint density at radius 1 is 0.875 bits per heavy atom. The highest BCUT2D eigenvalue weighted by Crippen LogP contribution is 2.48. The van der Waals surface area contributed by atoms with E-state index in [-0.39, 0.29) is 65.9 Å². The summed E-state index contributed by atoms with van der Waals surface area (Å²) in [6.45, 7) is 13.5. The van der Waals surface area contributed by atoms with Gasteiger partial charge in [0.15, 0.2) is 5.82 Å². The number of rotatable bonds is 11. The molecule has 2 unspecified atom stereocenters. The molecule has 0 saturated carbocycles. The monoisotopic (exact) mass is 979 g/mol. The van der Waals surface area contributed by atoms with E-state index < -0.39 is 29.1 Å². The van der Waals surface area contributed by atoms with Crippen molar-refractivity contribution in [1.29, 1.82) is 0 Å². The molecule has 376 valence electrons. The fourth-order valence-electron chi connectivity index (χ4n) is 11.4. The molecule has 17 nitrogen and oxygen atoms in total. The van der Waals surface area contributed by atoms with E-state index in [0.717, 1.165) is 40.0 Å². The summed E-state index contributed by atoms with van der Waals surface area (Å²) in [5.74, 6) is -1.71. The predicted molar refractivity (Wildman–Crippen MR) is 270 cm³/mol. The average Bonchev–Trinajstić information content (AvgIpc) is 3.90. The van der Waals surface area contributed by atoms with Gasteiger partial charge in [-0.05, 0) is 114 Å². The molecule has 72 heavy (non-hydrogen) atoms. The van der Waals surface area contributed by atoms with Gasteiger partial charge in [-0.2, -0.15) is 5.10 Å². The molecule has 1 amide bonds. The molecule has 0 spiro atoms. The summed E-state index contributed by atoms with van der Waals surface area (Å²) in [4.78, 5) is 75.2. The number of aromatic nitrogens is 4. The van der Waals surface area contributed by atoms with Gasteiger partial charge in [-0.3, -0.25) is 19.3 Å². The summed E-state index contributed by atoms with van der Waals surface area (Å²) < 4.78 is 15.1. The molecule has 2 atom stereocenters. The fraction of sp³-hybridized carbons (Fsp3) is 0.418. The van der Waals surface area contributed by atoms with Gasteiger partial charge in [0.05, 0.1) is 41.5 Å². The van der Waals surface area contributed by atoms with E-state index in [4.69, 9.17) is 9.47 Å². The third-order valence-corrected chi connectivity index (χ3v) is 15.6. The number of phenols is 3. The lowest BCUT2D eigenvalue weighted by Gasteiger charge is -2.39. The van der Waals surface area contributed by atoms with Gasteiger partial charge in [0.1, 0.15) is 23.9 Å². The lowest BCUT2D eigenvalue weighted by molar-refractivity contribution is -0.192. The van der Waals surface area contributed by atoms with Gasteiger partial charge in [0.2, 0.25) is 11.5 Å². The standard InChI is InChI=1S/C55H61N7O10/c1-6-32-23-41-43(37(7-2)40-24-36(63)13-14-38(32)40)28-61-46(41)26-45-44(51(61)67)30-71-53(69)55(45,8-3)72-52(68)33-15-17-60(18-16-33)49(66)29-58-19-21-59(22-20-58)34-9-11-35(12-10-34)62-50(56-57-54(62)70)42-25-39(31(4)5)47(64)27-48(42)65/h9-14,23-27,31-33,63-65H,6-8,15-22,28-30H2,1-5H3,(H,57,70). The van der Waals surface area contributed by atoms with E-state index in [9.17, 15) is 39.3 Å². The number of hydrogen-bond acceptors (Lipinski definition) is 13. The molecule has 17 heteroatoms. The largest absolute Gasteiger partial charge is 0.508 e. The van der Waals surface area contributed by atoms with Crippen LogP contribution in [0.25, 0.3) is 28.2 Å². The van der Waals surface area contributed by atoms with Crippen LogP contribution in [-0.4, -0.2) is 108 Å². The quantitative estimate of drug-likeness (QED) is 0.102. The Morgan fingerprint density at radius 2 is 1.60 bits per heavy atom. The number of phenolic OH excluding ortho intramolecular Hbond substituents is 3. The number of anilines is 1. The van der Waals surface area contributed by atoms with E-state index in [1.807, 2.05) is 50.2 Å². The number of fused-ring (bicyclic) bond motifs is 5. The lowest BCUT2D eigenvalue weighted by Crippen LogP contribution is -2.52. The van der Waals surface area contributed by atoms with Gasteiger partial charge >= 0.3 is 17.6 Å². The first kappa shape index (κ1) is 48.2. The number of nitrogens with one attached hydrogen (secondary N) is 1. The maximum Gasteiger partial charge on any atom is 0.355 e. The molecule has 0 bridgehead atoms. The normalized spacial score (nSPS) is 20.1. The number of benzene rings is 3. The number of cyclic esters (lactones) is 1. The molecular weight excluding hydrogens is 919 g/mol. The molecule has 0 radical (unpaired) electrons. The van der Waals surface area contributed by atoms with Crippen LogP contribution in [-0.2, 0) is 42.6 Å². The summed E-state index contributed by atoms with van der Waals surface area (Å²) in [5, 5.41) is 38.3. The number of carbonyl (C=O) groups excluding carboxylic acids is 3. The number of hydrogen-bond donors (Lipinski definition) is 4. The zero-order valence-electron chi connectivity index (χ0n) is 41.4. The molecule has 6 heterocycles. The SMILES string of the molecule is CCC1=C2Cn3c(cc4c(c3=O)COC(=O)C4(CC)OC(=O)C3CCN(C(=O)CN4CCN(c5ccc(-n6c(-c7cc(C(C)C)c(O)cc7O)n[nH]c6=O)cc5)CC4)CC3)C2=CC(CC)c2ccc(O)cc21. The first-order chi connectivity index (χ1) is 34.6. The predicted octanol–water partition coefficient (Wildman–Crippen LogP) is 6.66. The number of esters is 2. The Balaban J connectivity index is 0.772. The van der Waals surface area contributed by atoms with E-state index in [1.165, 1.54) is 10.6 Å². The minimum Gasteiger partial charge on any atom is -0.508 e. The first-order valence-electron chi connectivity index (χ1n) is 25.2. The van der Waals surface area contributed by atoms with Crippen molar-refractivity contribution in [2.75, 3.05) is 50.7 Å². The fourth-order valence-corrected chi connectivity index (χ4v) is 11.4. The van der Waals surface area contributed by atoms with Gasteiger partial charge in [-0.1, -0.05) is 46.8 Å². The molecule has 2 aromatic heterocycles. The summed E-state index contributed by atoms with van der Waals surface area (Å²) in [6, 6.07) is 17.7. The molecule has 10 rings (SSSR count). The van der Waals surface area contributed by atoms with Gasteiger partial charge in [-0.25, -0.2) is 19.3 Å². The van der Waals surface area contributed by atoms with Crippen LogP contribution in [0.4, 0.5) is 5.69 Å². The maximum absolute atomic E-state index is 14.4. The van der Waals surface area contributed by atoms with Crippen LogP contribution in [0.3, 0.4) is 0 Å². The lowest BCUT2D eigenvalue weighted by atomic mass is 9.84. The Morgan fingerprint density at radius 3 is 2.28 bits per heavy atom. The number of carbonyl (C=O) groups is 3. The van der Waals surface area contributed by atoms with E-state index in [2.05, 4.69) is 39.9 Å². The third kappa shape index (κ3) is 8.26. The highest BCUT2D eigenvalue weighted by atomic mass is 16.6. The van der Waals surface area contributed by atoms with Crippen molar-refractivity contribution in [2.24, 2.45) is 5.92 Å². The first-order valence-corrected chi connectivity index (χ1v) is 25.2. The van der Waals surface area contributed by atoms with Crippen LogP contribution in [0.2, 0.25) is 0 Å². The average molecular weight is 980 g/mol. The number of pyridine rings is 1. The van der Waals surface area contributed by atoms with E-state index in [0.29, 0.717) is 98.7 Å². The molecule has 4 aliphatic heterocycles. The Kier molecular flexibility index (Phi) is 12.7. The summed E-state index contributed by atoms with van der Waals surface area (Å²) in [5.41, 5.74) is 6.20. The Hall–Kier alpha value is -7.40. The van der Waals surface area contributed by atoms with Crippen molar-refractivity contribution in [3.8, 4) is 34.3 Å². The number of aromatic amines is 1. The number of aromatic hydroxyl groups is 3. The molecule has 5 aromatic rings. The number of piperidine rings is 1. The number of allylic oxidation sites excluding steroid dienone is 4. The molecule has 2 fully saturated rings. The van der Waals surface area contributed by atoms with Crippen LogP contribution in [0, 0.1) is 5.92 Å². The summed E-state index contributed by atoms with van der Waals surface area (Å²) in [7, 11) is 0. The second kappa shape index (κ2) is 19.0. The van der Waals surface area contributed by atoms with Crippen molar-refractivity contribution in [3.05, 3.63) is 127 Å². The Labute approximate surface area is 416 Å². The maximum atomic E-state index is 14.4. The van der Waals surface area contributed by atoms with Crippen molar-refractivity contribution in [2.45, 2.75) is 97.3 Å². The summed E-state index contributed by atoms with van der Waals surface area (Å²) in [6.07, 6.45) is 4.45. The van der Waals surface area contributed by atoms with Crippen molar-refractivity contribution in [3.63, 3.8) is 0 Å². The second-order valence-corrected chi connectivity index (χ2v) is 19.9. The third-order valence-electron chi connectivity index (χ3n) is 15.6. The topological polar surface area (TPSA) is 213 Å². The minimum atomic E-state index is -1.82. The zero-order valence-corrected chi connectivity index (χ0v) is 41.4. The smallest absolute Gasteiger partial charge is 0.355 e. The van der Waals surface area contributed by atoms with Gasteiger partial charge in [0.25, 0.3) is 5.56 Å². The summed E-state index contributed by atoms with van der Waals surface area (Å²) >= 11 is 0. The van der Waals surface area contributed by atoms with Gasteiger partial charge < -0.3 is 39.2 Å². The van der Waals surface area contributed by atoms with Crippen LogP contribution < -0.4 is 16.1 Å². The second-order valence-electron chi connectivity index (χ2n) is 19.9. The van der Waals surface area contributed by atoms with E-state index in [1.54, 1.807) is 34.6 Å². The molecule has 2 saturated heterocycles. The van der Waals surface area contributed by atoms with Gasteiger partial charge in [0, 0.05) is 68.1 Å². The van der Waals surface area contributed by atoms with Crippen molar-refractivity contribution in [1.82, 2.24) is 29.1 Å². The van der Waals surface area contributed by atoms with Gasteiger partial charge in [-0.15, -0.1) is 0 Å². The molecule has 5 aliphatic rings. The minimum absolute atomic E-state index is 0.0147.